The highest BCUT2D eigenvalue weighted by Gasteiger charge is 2.41. The first-order chi connectivity index (χ1) is 21.2. The molecule has 3 amide bonds. The monoisotopic (exact) mass is 618 g/mol. The van der Waals surface area contributed by atoms with Gasteiger partial charge in [-0.2, -0.15) is 0 Å². The average Bonchev–Trinajstić information content (AvgIpc) is 3.17. The summed E-state index contributed by atoms with van der Waals surface area (Å²) in [7, 11) is 0. The zero-order valence-corrected chi connectivity index (χ0v) is 26.3. The molecule has 5 rings (SSSR count). The van der Waals surface area contributed by atoms with Gasteiger partial charge in [0.05, 0.1) is 11.1 Å². The highest BCUT2D eigenvalue weighted by atomic mass is 16.7. The molecule has 12 heteroatoms. The van der Waals surface area contributed by atoms with E-state index in [0.29, 0.717) is 36.3 Å². The number of anilines is 1. The highest BCUT2D eigenvalue weighted by molar-refractivity contribution is 6.20. The highest BCUT2D eigenvalue weighted by Crippen LogP contribution is 2.28. The van der Waals surface area contributed by atoms with Crippen LogP contribution in [0.2, 0.25) is 0 Å². The summed E-state index contributed by atoms with van der Waals surface area (Å²) in [5, 5.41) is 5.66. The van der Waals surface area contributed by atoms with Gasteiger partial charge in [-0.05, 0) is 83.3 Å². The fourth-order valence-electron chi connectivity index (χ4n) is 4.87. The molecule has 2 aliphatic rings. The third kappa shape index (κ3) is 7.51. The lowest BCUT2D eigenvalue weighted by atomic mass is 10.0. The predicted octanol–water partition coefficient (Wildman–Crippen LogP) is 4.83. The Morgan fingerprint density at radius 1 is 0.933 bits per heavy atom. The van der Waals surface area contributed by atoms with Gasteiger partial charge in [-0.3, -0.25) is 9.59 Å². The van der Waals surface area contributed by atoms with E-state index in [0.717, 1.165) is 10.8 Å². The number of pyridine rings is 1. The van der Waals surface area contributed by atoms with Crippen LogP contribution in [0.4, 0.5) is 10.6 Å². The Labute approximate surface area is 261 Å². The number of esters is 1. The summed E-state index contributed by atoms with van der Waals surface area (Å²) in [5.74, 6) is -0.717. The number of fused-ring (bicyclic) bond motifs is 2. The molecule has 0 aliphatic carbocycles. The number of amides is 3. The minimum absolute atomic E-state index is 0.191. The maximum atomic E-state index is 13.1. The largest absolute Gasteiger partial charge is 0.490 e. The number of carbonyl (C=O) groups excluding carboxylic acids is 4. The number of nitrogens with one attached hydrogen (secondary N) is 1. The maximum Gasteiger partial charge on any atom is 0.410 e. The van der Waals surface area contributed by atoms with Crippen molar-refractivity contribution in [1.29, 1.82) is 0 Å². The van der Waals surface area contributed by atoms with E-state index >= 15 is 0 Å². The molecule has 1 atom stereocenters. The number of ether oxygens (including phenoxy) is 3. The Morgan fingerprint density at radius 3 is 2.20 bits per heavy atom. The predicted molar refractivity (Wildman–Crippen MR) is 165 cm³/mol. The molecule has 2 aromatic carbocycles. The SMILES string of the molecule is CC(C)(C)OC(=O)[C@H](COc1ccc2c(NCC3CN(C(=O)OC(C)(C)C)C3)nccc2c1)ON1C(=O)c2ccccc2C1=O. The minimum atomic E-state index is -1.40. The van der Waals surface area contributed by atoms with E-state index in [1.54, 1.807) is 56.1 Å². The van der Waals surface area contributed by atoms with Crippen LogP contribution in [0.5, 0.6) is 5.75 Å². The zero-order chi connectivity index (χ0) is 32.5. The van der Waals surface area contributed by atoms with Crippen molar-refractivity contribution in [3.63, 3.8) is 0 Å². The van der Waals surface area contributed by atoms with E-state index in [-0.39, 0.29) is 29.7 Å². The molecular weight excluding hydrogens is 580 g/mol. The second-order valence-corrected chi connectivity index (χ2v) is 13.1. The van der Waals surface area contributed by atoms with Crippen molar-refractivity contribution in [1.82, 2.24) is 14.9 Å². The smallest absolute Gasteiger partial charge is 0.410 e. The fourth-order valence-corrected chi connectivity index (χ4v) is 4.87. The number of carbonyl (C=O) groups is 4. The van der Waals surface area contributed by atoms with Gasteiger partial charge in [0, 0.05) is 37.1 Å². The van der Waals surface area contributed by atoms with Crippen molar-refractivity contribution in [2.75, 3.05) is 31.6 Å². The lowest BCUT2D eigenvalue weighted by Crippen LogP contribution is -2.53. The van der Waals surface area contributed by atoms with Gasteiger partial charge in [0.15, 0.2) is 0 Å². The lowest BCUT2D eigenvalue weighted by molar-refractivity contribution is -0.193. The molecule has 2 aliphatic heterocycles. The van der Waals surface area contributed by atoms with E-state index in [1.165, 1.54) is 12.1 Å². The van der Waals surface area contributed by atoms with E-state index in [9.17, 15) is 19.2 Å². The van der Waals surface area contributed by atoms with Crippen molar-refractivity contribution in [3.05, 3.63) is 65.9 Å². The number of nitrogens with zero attached hydrogens (tertiary/aromatic N) is 3. The van der Waals surface area contributed by atoms with Crippen molar-refractivity contribution >= 4 is 40.5 Å². The van der Waals surface area contributed by atoms with Crippen LogP contribution < -0.4 is 10.1 Å². The van der Waals surface area contributed by atoms with Crippen LogP contribution in [-0.2, 0) is 19.1 Å². The third-order valence-electron chi connectivity index (χ3n) is 6.96. The topological polar surface area (TPSA) is 137 Å². The molecule has 3 heterocycles. The molecule has 0 spiro atoms. The van der Waals surface area contributed by atoms with Crippen LogP contribution >= 0.6 is 0 Å². The molecular formula is C33H38N4O8. The summed E-state index contributed by atoms with van der Waals surface area (Å²) in [4.78, 5) is 62.8. The Hall–Kier alpha value is -4.71. The van der Waals surface area contributed by atoms with Crippen molar-refractivity contribution < 1.29 is 38.2 Å². The maximum absolute atomic E-state index is 13.1. The molecule has 0 bridgehead atoms. The second-order valence-electron chi connectivity index (χ2n) is 13.1. The number of imide groups is 1. The first kappa shape index (κ1) is 31.7. The van der Waals surface area contributed by atoms with Crippen LogP contribution in [0.15, 0.2) is 54.7 Å². The van der Waals surface area contributed by atoms with Gasteiger partial charge >= 0.3 is 12.1 Å². The normalized spacial score (nSPS) is 15.9. The molecule has 45 heavy (non-hydrogen) atoms. The van der Waals surface area contributed by atoms with Crippen LogP contribution in [0.3, 0.4) is 0 Å². The van der Waals surface area contributed by atoms with Crippen molar-refractivity contribution in [3.8, 4) is 5.75 Å². The molecule has 12 nitrogen and oxygen atoms in total. The first-order valence-corrected chi connectivity index (χ1v) is 14.8. The summed E-state index contributed by atoms with van der Waals surface area (Å²) in [6, 6.07) is 13.5. The Balaban J connectivity index is 1.23. The van der Waals surface area contributed by atoms with Gasteiger partial charge in [0.1, 0.15) is 29.4 Å². The summed E-state index contributed by atoms with van der Waals surface area (Å²) < 4.78 is 16.9. The van der Waals surface area contributed by atoms with Gasteiger partial charge in [-0.1, -0.05) is 12.1 Å². The van der Waals surface area contributed by atoms with E-state index < -0.39 is 35.1 Å². The van der Waals surface area contributed by atoms with Gasteiger partial charge in [0.2, 0.25) is 6.10 Å². The Bertz CT molecular complexity index is 1590. The van der Waals surface area contributed by atoms with Crippen LogP contribution in [0.25, 0.3) is 10.8 Å². The summed E-state index contributed by atoms with van der Waals surface area (Å²) in [6.07, 6.45) is -0.0333. The van der Waals surface area contributed by atoms with Crippen LogP contribution in [0, 0.1) is 5.92 Å². The Morgan fingerprint density at radius 2 is 1.58 bits per heavy atom. The second kappa shape index (κ2) is 12.4. The molecule has 0 radical (unpaired) electrons. The first-order valence-electron chi connectivity index (χ1n) is 14.8. The molecule has 238 valence electrons. The lowest BCUT2D eigenvalue weighted by Gasteiger charge is -2.39. The van der Waals surface area contributed by atoms with Gasteiger partial charge in [-0.15, -0.1) is 5.06 Å². The van der Waals surface area contributed by atoms with E-state index in [2.05, 4.69) is 10.3 Å². The summed E-state index contributed by atoms with van der Waals surface area (Å²) >= 11 is 0. The number of likely N-dealkylation sites (tertiary alicyclic amines) is 1. The van der Waals surface area contributed by atoms with Gasteiger partial charge in [0.25, 0.3) is 11.8 Å². The summed E-state index contributed by atoms with van der Waals surface area (Å²) in [6.45, 7) is 12.2. The summed E-state index contributed by atoms with van der Waals surface area (Å²) in [5.41, 5.74) is -0.987. The quantitative estimate of drug-likeness (QED) is 0.262. The average molecular weight is 619 g/mol. The molecule has 1 fully saturated rings. The zero-order valence-electron chi connectivity index (χ0n) is 26.3. The number of benzene rings is 2. The number of aromatic nitrogens is 1. The fraction of sp³-hybridized carbons (Fsp3) is 0.424. The van der Waals surface area contributed by atoms with Crippen molar-refractivity contribution in [2.45, 2.75) is 58.8 Å². The van der Waals surface area contributed by atoms with E-state index in [1.807, 2.05) is 32.9 Å². The number of hydrogen-bond acceptors (Lipinski definition) is 10. The molecule has 1 saturated heterocycles. The molecule has 1 N–H and O–H groups in total. The van der Waals surface area contributed by atoms with Gasteiger partial charge < -0.3 is 24.4 Å². The molecule has 3 aromatic rings. The van der Waals surface area contributed by atoms with Crippen molar-refractivity contribution in [2.24, 2.45) is 5.92 Å². The molecule has 1 aromatic heterocycles. The number of hydrogen-bond donors (Lipinski definition) is 1. The number of hydroxylamine groups is 2. The number of rotatable bonds is 9. The van der Waals surface area contributed by atoms with Gasteiger partial charge in [-0.25, -0.2) is 19.4 Å². The molecule has 0 saturated carbocycles. The minimum Gasteiger partial charge on any atom is -0.490 e. The third-order valence-corrected chi connectivity index (χ3v) is 6.96. The van der Waals surface area contributed by atoms with Crippen LogP contribution in [-0.4, -0.2) is 82.4 Å². The van der Waals surface area contributed by atoms with Crippen LogP contribution in [0.1, 0.15) is 62.3 Å². The standard InChI is InChI=1S/C33H38N4O8/c1-32(2,3)43-30(40)26(45-37-28(38)24-9-7-8-10-25(24)29(37)39)19-42-22-11-12-23-21(15-22)13-14-34-27(23)35-16-20-17-36(18-20)31(41)44-33(4,5)6/h7-15,20,26H,16-19H2,1-6H3,(H,34,35)/t26-/m0/s1. The van der Waals surface area contributed by atoms with E-state index in [4.69, 9.17) is 19.0 Å². The molecule has 0 unspecified atom stereocenters. The Kier molecular flexibility index (Phi) is 8.70.